The zero-order valence-corrected chi connectivity index (χ0v) is 9.54. The molecule has 0 amide bonds. The van der Waals surface area contributed by atoms with Crippen LogP contribution in [0.4, 0.5) is 5.95 Å². The van der Waals surface area contributed by atoms with E-state index in [-0.39, 0.29) is 11.3 Å². The van der Waals surface area contributed by atoms with Crippen LogP contribution in [0.15, 0.2) is 18.5 Å². The van der Waals surface area contributed by atoms with Gasteiger partial charge >= 0.3 is 5.97 Å². The molecule has 2 aliphatic rings. The van der Waals surface area contributed by atoms with Crippen LogP contribution in [-0.2, 0) is 4.79 Å². The van der Waals surface area contributed by atoms with Crippen LogP contribution in [0, 0.1) is 11.3 Å². The number of nitrogens with zero attached hydrogens (tertiary/aromatic N) is 3. The van der Waals surface area contributed by atoms with Gasteiger partial charge in [0.05, 0.1) is 5.92 Å². The molecule has 1 saturated heterocycles. The third-order valence-corrected chi connectivity index (χ3v) is 4.13. The average molecular weight is 233 g/mol. The summed E-state index contributed by atoms with van der Waals surface area (Å²) in [5.41, 5.74) is -0.0228. The second-order valence-electron chi connectivity index (χ2n) is 5.04. The number of hydrogen-bond donors (Lipinski definition) is 1. The van der Waals surface area contributed by atoms with Crippen molar-refractivity contribution in [3.8, 4) is 0 Å². The highest BCUT2D eigenvalue weighted by molar-refractivity contribution is 5.73. The van der Waals surface area contributed by atoms with Crippen LogP contribution in [0.5, 0.6) is 0 Å². The van der Waals surface area contributed by atoms with Crippen LogP contribution in [-0.4, -0.2) is 34.1 Å². The largest absolute Gasteiger partial charge is 0.481 e. The summed E-state index contributed by atoms with van der Waals surface area (Å²) in [6, 6.07) is 1.77. The van der Waals surface area contributed by atoms with Crippen molar-refractivity contribution in [1.29, 1.82) is 0 Å². The van der Waals surface area contributed by atoms with E-state index in [1.54, 1.807) is 18.5 Å². The molecule has 1 saturated carbocycles. The predicted molar refractivity (Wildman–Crippen MR) is 61.7 cm³/mol. The first-order valence-electron chi connectivity index (χ1n) is 5.96. The van der Waals surface area contributed by atoms with Crippen molar-refractivity contribution < 1.29 is 9.90 Å². The first-order valence-corrected chi connectivity index (χ1v) is 5.96. The smallest absolute Gasteiger partial charge is 0.308 e. The maximum Gasteiger partial charge on any atom is 0.308 e. The van der Waals surface area contributed by atoms with Gasteiger partial charge in [-0.25, -0.2) is 9.97 Å². The standard InChI is InChI=1S/C12H15N3O2/c16-10(17)9-7-15(8-12(9)3-1-4-12)11-13-5-2-6-14-11/h2,5-6,9H,1,3-4,7-8H2,(H,16,17)/t9-/m1/s1. The van der Waals surface area contributed by atoms with E-state index < -0.39 is 5.97 Å². The molecule has 2 heterocycles. The van der Waals surface area contributed by atoms with E-state index in [2.05, 4.69) is 9.97 Å². The summed E-state index contributed by atoms with van der Waals surface area (Å²) in [5.74, 6) is -0.286. The SMILES string of the molecule is O=C(O)[C@H]1CN(c2ncccn2)CC12CCC2. The predicted octanol–water partition coefficient (Wildman–Crippen LogP) is 1.17. The number of aliphatic carboxylic acids is 1. The van der Waals surface area contributed by atoms with Gasteiger partial charge < -0.3 is 10.0 Å². The molecule has 5 heteroatoms. The number of anilines is 1. The molecule has 2 fully saturated rings. The van der Waals surface area contributed by atoms with Gasteiger partial charge in [0, 0.05) is 30.9 Å². The van der Waals surface area contributed by atoms with Gasteiger partial charge in [-0.1, -0.05) is 6.42 Å². The molecule has 0 aromatic carbocycles. The second-order valence-corrected chi connectivity index (χ2v) is 5.04. The summed E-state index contributed by atoms with van der Waals surface area (Å²) in [4.78, 5) is 21.7. The number of rotatable bonds is 2. The molecule has 0 unspecified atom stereocenters. The molecule has 3 rings (SSSR count). The highest BCUT2D eigenvalue weighted by atomic mass is 16.4. The molecule has 17 heavy (non-hydrogen) atoms. The van der Waals surface area contributed by atoms with E-state index in [1.807, 2.05) is 4.90 Å². The molecule has 1 aliphatic carbocycles. The summed E-state index contributed by atoms with van der Waals surface area (Å²) in [5, 5.41) is 9.31. The minimum atomic E-state index is -0.678. The van der Waals surface area contributed by atoms with E-state index in [4.69, 9.17) is 0 Å². The zero-order valence-electron chi connectivity index (χ0n) is 9.54. The van der Waals surface area contributed by atoms with E-state index in [0.29, 0.717) is 12.5 Å². The summed E-state index contributed by atoms with van der Waals surface area (Å²) in [6.45, 7) is 1.33. The van der Waals surface area contributed by atoms with Crippen molar-refractivity contribution in [1.82, 2.24) is 9.97 Å². The maximum absolute atomic E-state index is 11.3. The van der Waals surface area contributed by atoms with Crippen molar-refractivity contribution in [3.05, 3.63) is 18.5 Å². The van der Waals surface area contributed by atoms with Crippen molar-refractivity contribution in [2.75, 3.05) is 18.0 Å². The van der Waals surface area contributed by atoms with Crippen molar-refractivity contribution in [3.63, 3.8) is 0 Å². The van der Waals surface area contributed by atoms with Gasteiger partial charge in [-0.2, -0.15) is 0 Å². The monoisotopic (exact) mass is 233 g/mol. The Morgan fingerprint density at radius 3 is 2.59 bits per heavy atom. The summed E-state index contributed by atoms with van der Waals surface area (Å²) >= 11 is 0. The lowest BCUT2D eigenvalue weighted by Gasteiger charge is -2.40. The summed E-state index contributed by atoms with van der Waals surface area (Å²) in [6.07, 6.45) is 6.58. The fourth-order valence-corrected chi connectivity index (χ4v) is 3.05. The lowest BCUT2D eigenvalue weighted by Crippen LogP contribution is -2.40. The van der Waals surface area contributed by atoms with Gasteiger partial charge in [0.25, 0.3) is 0 Å². The Kier molecular flexibility index (Phi) is 2.28. The highest BCUT2D eigenvalue weighted by Gasteiger charge is 2.54. The van der Waals surface area contributed by atoms with Crippen LogP contribution < -0.4 is 4.90 Å². The Bertz CT molecular complexity index is 431. The first kappa shape index (κ1) is 10.5. The Balaban J connectivity index is 1.85. The molecule has 90 valence electrons. The quantitative estimate of drug-likeness (QED) is 0.830. The van der Waals surface area contributed by atoms with Crippen LogP contribution in [0.25, 0.3) is 0 Å². The van der Waals surface area contributed by atoms with Crippen LogP contribution >= 0.6 is 0 Å². The lowest BCUT2D eigenvalue weighted by molar-refractivity contribution is -0.146. The van der Waals surface area contributed by atoms with Crippen molar-refractivity contribution >= 4 is 11.9 Å². The van der Waals surface area contributed by atoms with Gasteiger partial charge in [-0.3, -0.25) is 4.79 Å². The fourth-order valence-electron chi connectivity index (χ4n) is 3.05. The third-order valence-electron chi connectivity index (χ3n) is 4.13. The number of carboxylic acids is 1. The minimum Gasteiger partial charge on any atom is -0.481 e. The van der Waals surface area contributed by atoms with E-state index >= 15 is 0 Å². The first-order chi connectivity index (χ1) is 8.21. The number of hydrogen-bond acceptors (Lipinski definition) is 4. The number of carbonyl (C=O) groups is 1. The molecule has 5 nitrogen and oxygen atoms in total. The zero-order chi connectivity index (χ0) is 11.9. The number of carboxylic acid groups (broad SMARTS) is 1. The molecular weight excluding hydrogens is 218 g/mol. The molecule has 0 radical (unpaired) electrons. The van der Waals surface area contributed by atoms with Gasteiger partial charge in [0.1, 0.15) is 0 Å². The third kappa shape index (κ3) is 1.57. The molecule has 1 N–H and O–H groups in total. The highest BCUT2D eigenvalue weighted by Crippen LogP contribution is 2.52. The molecule has 1 spiro atoms. The molecule has 0 bridgehead atoms. The van der Waals surface area contributed by atoms with Gasteiger partial charge in [0.15, 0.2) is 0 Å². The fraction of sp³-hybridized carbons (Fsp3) is 0.583. The van der Waals surface area contributed by atoms with Gasteiger partial charge in [0.2, 0.25) is 5.95 Å². The molecule has 1 aliphatic heterocycles. The average Bonchev–Trinajstić information content (AvgIpc) is 2.70. The second kappa shape index (κ2) is 3.68. The van der Waals surface area contributed by atoms with Crippen LogP contribution in [0.1, 0.15) is 19.3 Å². The molecule has 1 aromatic heterocycles. The van der Waals surface area contributed by atoms with Crippen LogP contribution in [0.3, 0.4) is 0 Å². The molecule has 1 atom stereocenters. The Labute approximate surface area is 99.5 Å². The summed E-state index contributed by atoms with van der Waals surface area (Å²) < 4.78 is 0. The Hall–Kier alpha value is -1.65. The normalized spacial score (nSPS) is 25.9. The maximum atomic E-state index is 11.3. The minimum absolute atomic E-state index is 0.0228. The van der Waals surface area contributed by atoms with Crippen molar-refractivity contribution in [2.24, 2.45) is 11.3 Å². The van der Waals surface area contributed by atoms with E-state index in [9.17, 15) is 9.90 Å². The molecule has 1 aromatic rings. The Morgan fingerprint density at radius 1 is 1.41 bits per heavy atom. The van der Waals surface area contributed by atoms with Gasteiger partial charge in [-0.15, -0.1) is 0 Å². The van der Waals surface area contributed by atoms with E-state index in [1.165, 1.54) is 0 Å². The summed E-state index contributed by atoms with van der Waals surface area (Å²) in [7, 11) is 0. The lowest BCUT2D eigenvalue weighted by atomic mass is 9.63. The Morgan fingerprint density at radius 2 is 2.12 bits per heavy atom. The van der Waals surface area contributed by atoms with Gasteiger partial charge in [-0.05, 0) is 18.9 Å². The van der Waals surface area contributed by atoms with E-state index in [0.717, 1.165) is 25.8 Å². The molecular formula is C12H15N3O2. The van der Waals surface area contributed by atoms with Crippen molar-refractivity contribution in [2.45, 2.75) is 19.3 Å². The topological polar surface area (TPSA) is 66.3 Å². The van der Waals surface area contributed by atoms with Crippen LogP contribution in [0.2, 0.25) is 0 Å². The number of aromatic nitrogens is 2.